The van der Waals surface area contributed by atoms with Gasteiger partial charge < -0.3 is 14.8 Å². The van der Waals surface area contributed by atoms with Crippen LogP contribution < -0.4 is 10.1 Å². The topological polar surface area (TPSA) is 71.4 Å². The minimum Gasteiger partial charge on any atom is -0.491 e. The van der Waals surface area contributed by atoms with Gasteiger partial charge in [-0.25, -0.2) is 0 Å². The van der Waals surface area contributed by atoms with Crippen molar-refractivity contribution in [1.82, 2.24) is 5.32 Å². The number of nitrogens with zero attached hydrogens (tertiary/aromatic N) is 1. The molecular weight excluding hydrogens is 372 g/mol. The highest BCUT2D eigenvalue weighted by molar-refractivity contribution is 7.98. The van der Waals surface area contributed by atoms with Gasteiger partial charge in [-0.3, -0.25) is 4.79 Å². The molecular formula is C22H24N2O3S. The molecule has 1 aliphatic heterocycles. The Morgan fingerprint density at radius 3 is 2.82 bits per heavy atom. The molecule has 6 heteroatoms. The van der Waals surface area contributed by atoms with Crippen molar-refractivity contribution in [3.8, 4) is 11.8 Å². The number of carbonyl (C=O) groups excluding carboxylic acids is 1. The van der Waals surface area contributed by atoms with E-state index >= 15 is 0 Å². The number of hydrogen-bond acceptors (Lipinski definition) is 5. The lowest BCUT2D eigenvalue weighted by Gasteiger charge is -2.11. The Hall–Kier alpha value is -2.49. The van der Waals surface area contributed by atoms with Crippen LogP contribution in [0.5, 0.6) is 5.75 Å². The number of carbonyl (C=O) groups is 1. The lowest BCUT2D eigenvalue weighted by Crippen LogP contribution is -2.25. The third kappa shape index (κ3) is 6.01. The normalized spacial score (nSPS) is 15.8. The van der Waals surface area contributed by atoms with Crippen molar-refractivity contribution >= 4 is 17.7 Å². The molecule has 28 heavy (non-hydrogen) atoms. The molecule has 2 aromatic rings. The molecule has 0 spiro atoms. The van der Waals surface area contributed by atoms with Crippen LogP contribution in [-0.2, 0) is 10.5 Å². The van der Waals surface area contributed by atoms with Crippen molar-refractivity contribution in [2.45, 2.75) is 24.7 Å². The maximum atomic E-state index is 12.2. The van der Waals surface area contributed by atoms with Gasteiger partial charge in [0.1, 0.15) is 12.4 Å². The summed E-state index contributed by atoms with van der Waals surface area (Å²) >= 11 is 1.70. The quantitative estimate of drug-likeness (QED) is 0.653. The van der Waals surface area contributed by atoms with Gasteiger partial charge in [0.25, 0.3) is 5.91 Å². The van der Waals surface area contributed by atoms with Gasteiger partial charge in [0.2, 0.25) is 0 Å². The number of thioether (sulfide) groups is 1. The van der Waals surface area contributed by atoms with Gasteiger partial charge in [-0.15, -0.1) is 0 Å². The molecule has 2 aromatic carbocycles. The minimum atomic E-state index is -0.0938. The summed E-state index contributed by atoms with van der Waals surface area (Å²) in [6.07, 6.45) is 2.32. The van der Waals surface area contributed by atoms with E-state index in [-0.39, 0.29) is 12.0 Å². The highest BCUT2D eigenvalue weighted by Gasteiger charge is 2.16. The number of hydrogen-bond donors (Lipinski definition) is 1. The summed E-state index contributed by atoms with van der Waals surface area (Å²) in [7, 11) is 0. The molecule has 3 rings (SSSR count). The molecule has 0 radical (unpaired) electrons. The number of nitriles is 1. The van der Waals surface area contributed by atoms with Crippen LogP contribution in [0.2, 0.25) is 0 Å². The van der Waals surface area contributed by atoms with E-state index in [2.05, 4.69) is 11.4 Å². The molecule has 1 heterocycles. The maximum absolute atomic E-state index is 12.2. The predicted octanol–water partition coefficient (Wildman–Crippen LogP) is 3.78. The first kappa shape index (κ1) is 20.2. The van der Waals surface area contributed by atoms with E-state index in [1.165, 1.54) is 0 Å². The Bertz CT molecular complexity index is 811. The summed E-state index contributed by atoms with van der Waals surface area (Å²) < 4.78 is 11.3. The molecule has 1 amide bonds. The maximum Gasteiger partial charge on any atom is 0.251 e. The molecule has 1 unspecified atom stereocenters. The zero-order valence-electron chi connectivity index (χ0n) is 15.7. The van der Waals surface area contributed by atoms with E-state index in [9.17, 15) is 4.79 Å². The van der Waals surface area contributed by atoms with Crippen molar-refractivity contribution in [2.24, 2.45) is 0 Å². The van der Waals surface area contributed by atoms with Crippen LogP contribution in [0.3, 0.4) is 0 Å². The van der Waals surface area contributed by atoms with Crippen molar-refractivity contribution in [2.75, 3.05) is 25.5 Å². The Morgan fingerprint density at radius 2 is 2.07 bits per heavy atom. The smallest absolute Gasteiger partial charge is 0.251 e. The first-order valence-electron chi connectivity index (χ1n) is 9.44. The molecule has 0 saturated carbocycles. The molecule has 0 aromatic heterocycles. The zero-order chi connectivity index (χ0) is 19.6. The molecule has 1 atom stereocenters. The van der Waals surface area contributed by atoms with E-state index < -0.39 is 0 Å². The average molecular weight is 397 g/mol. The third-order valence-corrected chi connectivity index (χ3v) is 5.51. The summed E-state index contributed by atoms with van der Waals surface area (Å²) in [5.41, 5.74) is 2.35. The third-order valence-electron chi connectivity index (χ3n) is 4.50. The predicted molar refractivity (Wildman–Crippen MR) is 111 cm³/mol. The summed E-state index contributed by atoms with van der Waals surface area (Å²) in [5, 5.41) is 12.0. The fourth-order valence-corrected chi connectivity index (χ4v) is 3.81. The van der Waals surface area contributed by atoms with Crippen molar-refractivity contribution in [1.29, 1.82) is 5.26 Å². The standard InChI is InChI=1S/C22H24N2O3S/c23-14-18-4-1-2-5-19(18)16-28-13-11-24-22(25)17-7-9-20(10-8-17)27-15-21-6-3-12-26-21/h1-2,4-5,7-10,21H,3,6,11-13,15-16H2,(H,24,25). The van der Waals surface area contributed by atoms with Crippen molar-refractivity contribution in [3.63, 3.8) is 0 Å². The molecule has 146 valence electrons. The fourth-order valence-electron chi connectivity index (χ4n) is 2.94. The average Bonchev–Trinajstić information content (AvgIpc) is 3.26. The monoisotopic (exact) mass is 396 g/mol. The van der Waals surface area contributed by atoms with Gasteiger partial charge in [0.05, 0.1) is 17.7 Å². The van der Waals surface area contributed by atoms with Gasteiger partial charge in [-0.2, -0.15) is 17.0 Å². The molecule has 1 aliphatic rings. The number of amides is 1. The summed E-state index contributed by atoms with van der Waals surface area (Å²) in [5.74, 6) is 2.20. The van der Waals surface area contributed by atoms with Crippen LogP contribution in [0.25, 0.3) is 0 Å². The second-order valence-corrected chi connectivity index (χ2v) is 7.65. The molecule has 1 N–H and O–H groups in total. The lowest BCUT2D eigenvalue weighted by atomic mass is 10.1. The molecule has 1 fully saturated rings. The van der Waals surface area contributed by atoms with Crippen LogP contribution in [0.15, 0.2) is 48.5 Å². The lowest BCUT2D eigenvalue weighted by molar-refractivity contribution is 0.0679. The highest BCUT2D eigenvalue weighted by atomic mass is 32.2. The van der Waals surface area contributed by atoms with Crippen LogP contribution >= 0.6 is 11.8 Å². The van der Waals surface area contributed by atoms with Crippen LogP contribution in [-0.4, -0.2) is 37.5 Å². The van der Waals surface area contributed by atoms with Crippen LogP contribution in [0, 0.1) is 11.3 Å². The summed E-state index contributed by atoms with van der Waals surface area (Å²) in [4.78, 5) is 12.2. The first-order valence-corrected chi connectivity index (χ1v) is 10.6. The summed E-state index contributed by atoms with van der Waals surface area (Å²) in [6, 6.07) is 17.0. The van der Waals surface area contributed by atoms with Gasteiger partial charge in [-0.1, -0.05) is 18.2 Å². The number of rotatable bonds is 9. The number of benzene rings is 2. The Balaban J connectivity index is 1.35. The van der Waals surface area contributed by atoms with Crippen LogP contribution in [0.1, 0.15) is 34.3 Å². The van der Waals surface area contributed by atoms with Gasteiger partial charge in [-0.05, 0) is 48.7 Å². The first-order chi connectivity index (χ1) is 13.8. The van der Waals surface area contributed by atoms with E-state index in [0.717, 1.165) is 42.3 Å². The zero-order valence-corrected chi connectivity index (χ0v) is 16.5. The van der Waals surface area contributed by atoms with E-state index in [4.69, 9.17) is 14.7 Å². The van der Waals surface area contributed by atoms with Gasteiger partial charge in [0, 0.05) is 30.2 Å². The number of nitrogens with one attached hydrogen (secondary N) is 1. The second-order valence-electron chi connectivity index (χ2n) is 6.55. The highest BCUT2D eigenvalue weighted by Crippen LogP contribution is 2.17. The van der Waals surface area contributed by atoms with Crippen molar-refractivity contribution < 1.29 is 14.3 Å². The number of ether oxygens (including phenoxy) is 2. The van der Waals surface area contributed by atoms with Crippen LogP contribution in [0.4, 0.5) is 0 Å². The SMILES string of the molecule is N#Cc1ccccc1CSCCNC(=O)c1ccc(OCC2CCCO2)cc1. The van der Waals surface area contributed by atoms with E-state index in [1.54, 1.807) is 23.9 Å². The molecule has 0 bridgehead atoms. The minimum absolute atomic E-state index is 0.0938. The Morgan fingerprint density at radius 1 is 1.25 bits per heavy atom. The second kappa shape index (κ2) is 10.7. The molecule has 5 nitrogen and oxygen atoms in total. The largest absolute Gasteiger partial charge is 0.491 e. The van der Waals surface area contributed by atoms with Crippen molar-refractivity contribution in [3.05, 3.63) is 65.2 Å². The summed E-state index contributed by atoms with van der Waals surface area (Å²) in [6.45, 7) is 1.95. The van der Waals surface area contributed by atoms with Gasteiger partial charge in [0.15, 0.2) is 0 Å². The van der Waals surface area contributed by atoms with Gasteiger partial charge >= 0.3 is 0 Å². The Labute approximate surface area is 170 Å². The molecule has 1 saturated heterocycles. The molecule has 0 aliphatic carbocycles. The fraction of sp³-hybridized carbons (Fsp3) is 0.364. The van der Waals surface area contributed by atoms with E-state index in [1.807, 2.05) is 36.4 Å². The van der Waals surface area contributed by atoms with E-state index in [0.29, 0.717) is 24.3 Å². The Kier molecular flexibility index (Phi) is 7.77.